The number of hydrogen-bond acceptors (Lipinski definition) is 4. The second kappa shape index (κ2) is 7.56. The summed E-state index contributed by atoms with van der Waals surface area (Å²) in [4.78, 5) is 28.5. The SMILES string of the molecule is CC(C)C(CCNc1ncc[nH]c1=O)CCC(=O)O. The van der Waals surface area contributed by atoms with Crippen LogP contribution in [0.5, 0.6) is 0 Å². The zero-order chi connectivity index (χ0) is 14.3. The molecule has 6 heteroatoms. The third-order valence-corrected chi connectivity index (χ3v) is 3.19. The summed E-state index contributed by atoms with van der Waals surface area (Å²) in [7, 11) is 0. The van der Waals surface area contributed by atoms with Gasteiger partial charge in [0.1, 0.15) is 0 Å². The topological polar surface area (TPSA) is 95.1 Å². The molecule has 6 nitrogen and oxygen atoms in total. The summed E-state index contributed by atoms with van der Waals surface area (Å²) < 4.78 is 0. The monoisotopic (exact) mass is 267 g/mol. The molecule has 1 heterocycles. The third-order valence-electron chi connectivity index (χ3n) is 3.19. The number of H-pyrrole nitrogens is 1. The van der Waals surface area contributed by atoms with Gasteiger partial charge < -0.3 is 15.4 Å². The number of carboxylic acids is 1. The number of carboxylic acid groups (broad SMARTS) is 1. The maximum Gasteiger partial charge on any atom is 0.303 e. The van der Waals surface area contributed by atoms with Crippen molar-refractivity contribution >= 4 is 11.8 Å². The van der Waals surface area contributed by atoms with Crippen LogP contribution in [0.4, 0.5) is 5.82 Å². The molecule has 19 heavy (non-hydrogen) atoms. The van der Waals surface area contributed by atoms with Crippen molar-refractivity contribution in [2.24, 2.45) is 11.8 Å². The van der Waals surface area contributed by atoms with E-state index in [1.54, 1.807) is 0 Å². The summed E-state index contributed by atoms with van der Waals surface area (Å²) in [6.45, 7) is 4.78. The average molecular weight is 267 g/mol. The van der Waals surface area contributed by atoms with Crippen LogP contribution >= 0.6 is 0 Å². The van der Waals surface area contributed by atoms with Crippen molar-refractivity contribution < 1.29 is 9.90 Å². The molecule has 3 N–H and O–H groups in total. The molecule has 1 rings (SSSR count). The second-order valence-corrected chi connectivity index (χ2v) is 4.92. The van der Waals surface area contributed by atoms with E-state index in [1.807, 2.05) is 0 Å². The van der Waals surface area contributed by atoms with Gasteiger partial charge in [-0.05, 0) is 24.7 Å². The van der Waals surface area contributed by atoms with Crippen LogP contribution in [-0.2, 0) is 4.79 Å². The minimum absolute atomic E-state index is 0.188. The maximum absolute atomic E-state index is 11.4. The Morgan fingerprint density at radius 1 is 1.47 bits per heavy atom. The Kier molecular flexibility index (Phi) is 6.05. The molecular weight excluding hydrogens is 246 g/mol. The number of nitrogens with one attached hydrogen (secondary N) is 2. The highest BCUT2D eigenvalue weighted by atomic mass is 16.4. The third kappa shape index (κ3) is 5.54. The van der Waals surface area contributed by atoms with E-state index in [0.717, 1.165) is 6.42 Å². The molecule has 106 valence electrons. The highest BCUT2D eigenvalue weighted by Gasteiger charge is 2.14. The molecule has 0 aliphatic rings. The van der Waals surface area contributed by atoms with Crippen molar-refractivity contribution in [1.82, 2.24) is 9.97 Å². The standard InChI is InChI=1S/C13H21N3O3/c1-9(2)10(3-4-11(17)18)5-6-14-12-13(19)16-8-7-15-12/h7-10H,3-6H2,1-2H3,(H,14,15)(H,16,19)(H,17,18). The van der Waals surface area contributed by atoms with E-state index in [4.69, 9.17) is 5.11 Å². The van der Waals surface area contributed by atoms with Crippen LogP contribution < -0.4 is 10.9 Å². The first-order chi connectivity index (χ1) is 9.00. The van der Waals surface area contributed by atoms with Crippen molar-refractivity contribution in [1.29, 1.82) is 0 Å². The molecule has 0 aliphatic heterocycles. The fourth-order valence-electron chi connectivity index (χ4n) is 1.97. The minimum Gasteiger partial charge on any atom is -0.481 e. The van der Waals surface area contributed by atoms with Crippen LogP contribution in [-0.4, -0.2) is 27.6 Å². The smallest absolute Gasteiger partial charge is 0.303 e. The molecule has 0 amide bonds. The van der Waals surface area contributed by atoms with E-state index in [0.29, 0.717) is 30.6 Å². The van der Waals surface area contributed by atoms with Gasteiger partial charge in [0, 0.05) is 25.4 Å². The Bertz CT molecular complexity index is 456. The van der Waals surface area contributed by atoms with Gasteiger partial charge in [0.25, 0.3) is 5.56 Å². The summed E-state index contributed by atoms with van der Waals surface area (Å²) in [5.41, 5.74) is -0.242. The second-order valence-electron chi connectivity index (χ2n) is 4.92. The zero-order valence-corrected chi connectivity index (χ0v) is 11.3. The molecule has 0 bridgehead atoms. The van der Waals surface area contributed by atoms with Crippen LogP contribution in [0.2, 0.25) is 0 Å². The predicted octanol–water partition coefficient (Wildman–Crippen LogP) is 1.71. The van der Waals surface area contributed by atoms with E-state index < -0.39 is 5.97 Å². The van der Waals surface area contributed by atoms with E-state index in [1.165, 1.54) is 12.4 Å². The van der Waals surface area contributed by atoms with Crippen molar-refractivity contribution in [3.63, 3.8) is 0 Å². The number of nitrogens with zero attached hydrogens (tertiary/aromatic N) is 1. The first kappa shape index (κ1) is 15.2. The van der Waals surface area contributed by atoms with Gasteiger partial charge >= 0.3 is 5.97 Å². The summed E-state index contributed by atoms with van der Waals surface area (Å²) in [5, 5.41) is 11.7. The molecular formula is C13H21N3O3. The van der Waals surface area contributed by atoms with Gasteiger partial charge in [-0.25, -0.2) is 4.98 Å². The van der Waals surface area contributed by atoms with Crippen LogP contribution in [0.1, 0.15) is 33.1 Å². The zero-order valence-electron chi connectivity index (χ0n) is 11.3. The van der Waals surface area contributed by atoms with Crippen LogP contribution in [0, 0.1) is 11.8 Å². The Balaban J connectivity index is 2.42. The number of aromatic nitrogens is 2. The number of anilines is 1. The van der Waals surface area contributed by atoms with Gasteiger partial charge in [0.15, 0.2) is 5.82 Å². The fraction of sp³-hybridized carbons (Fsp3) is 0.615. The molecule has 0 aliphatic carbocycles. The number of carbonyl (C=O) groups is 1. The van der Waals surface area contributed by atoms with Crippen LogP contribution in [0.3, 0.4) is 0 Å². The molecule has 1 aromatic rings. The van der Waals surface area contributed by atoms with Gasteiger partial charge in [-0.1, -0.05) is 13.8 Å². The van der Waals surface area contributed by atoms with Crippen molar-refractivity contribution in [2.75, 3.05) is 11.9 Å². The highest BCUT2D eigenvalue weighted by Crippen LogP contribution is 2.20. The lowest BCUT2D eigenvalue weighted by atomic mass is 9.88. The normalized spacial score (nSPS) is 12.4. The number of aliphatic carboxylic acids is 1. The lowest BCUT2D eigenvalue weighted by Gasteiger charge is -2.20. The van der Waals surface area contributed by atoms with Gasteiger partial charge in [-0.15, -0.1) is 0 Å². The van der Waals surface area contributed by atoms with Crippen molar-refractivity contribution in [3.8, 4) is 0 Å². The first-order valence-electron chi connectivity index (χ1n) is 6.50. The van der Waals surface area contributed by atoms with Crippen molar-refractivity contribution in [2.45, 2.75) is 33.1 Å². The number of aromatic amines is 1. The Morgan fingerprint density at radius 3 is 2.79 bits per heavy atom. The largest absolute Gasteiger partial charge is 0.481 e. The van der Waals surface area contributed by atoms with E-state index in [9.17, 15) is 9.59 Å². The average Bonchev–Trinajstić information content (AvgIpc) is 2.34. The Morgan fingerprint density at radius 2 is 2.21 bits per heavy atom. The van der Waals surface area contributed by atoms with Gasteiger partial charge in [0.2, 0.25) is 0 Å². The highest BCUT2D eigenvalue weighted by molar-refractivity contribution is 5.66. The van der Waals surface area contributed by atoms with Crippen molar-refractivity contribution in [3.05, 3.63) is 22.7 Å². The number of hydrogen-bond donors (Lipinski definition) is 3. The summed E-state index contributed by atoms with van der Waals surface area (Å²) in [6, 6.07) is 0. The maximum atomic E-state index is 11.4. The summed E-state index contributed by atoms with van der Waals surface area (Å²) in [5.74, 6) is 0.289. The number of rotatable bonds is 8. The minimum atomic E-state index is -0.764. The molecule has 0 fully saturated rings. The molecule has 1 unspecified atom stereocenters. The van der Waals surface area contributed by atoms with E-state index in [-0.39, 0.29) is 12.0 Å². The van der Waals surface area contributed by atoms with Gasteiger partial charge in [0.05, 0.1) is 0 Å². The molecule has 0 radical (unpaired) electrons. The first-order valence-corrected chi connectivity index (χ1v) is 6.50. The fourth-order valence-corrected chi connectivity index (χ4v) is 1.97. The van der Waals surface area contributed by atoms with Gasteiger partial charge in [-0.3, -0.25) is 9.59 Å². The lowest BCUT2D eigenvalue weighted by Crippen LogP contribution is -2.20. The summed E-state index contributed by atoms with van der Waals surface area (Å²) >= 11 is 0. The Hall–Kier alpha value is -1.85. The van der Waals surface area contributed by atoms with Crippen LogP contribution in [0.15, 0.2) is 17.2 Å². The van der Waals surface area contributed by atoms with Crippen LogP contribution in [0.25, 0.3) is 0 Å². The van der Waals surface area contributed by atoms with E-state index >= 15 is 0 Å². The Labute approximate surface area is 112 Å². The quantitative estimate of drug-likeness (QED) is 0.666. The molecule has 0 spiro atoms. The van der Waals surface area contributed by atoms with Gasteiger partial charge in [-0.2, -0.15) is 0 Å². The summed E-state index contributed by atoms with van der Waals surface area (Å²) in [6.07, 6.45) is 4.67. The van der Waals surface area contributed by atoms with E-state index in [2.05, 4.69) is 29.1 Å². The predicted molar refractivity (Wildman–Crippen MR) is 73.2 cm³/mol. The lowest BCUT2D eigenvalue weighted by molar-refractivity contribution is -0.137. The molecule has 0 aromatic carbocycles. The molecule has 1 aromatic heterocycles. The molecule has 0 saturated carbocycles. The molecule has 1 atom stereocenters. The molecule has 0 saturated heterocycles.